The molecule has 8 nitrogen and oxygen atoms in total. The van der Waals surface area contributed by atoms with Gasteiger partial charge in [-0.05, 0) is 146 Å². The number of unbranched alkanes of at least 4 members (excludes halogenated alkanes) is 36. The van der Waals surface area contributed by atoms with E-state index in [2.05, 4.69) is 139 Å². The highest BCUT2D eigenvalue weighted by molar-refractivity contribution is 8.53. The Hall–Kier alpha value is -3.42. The van der Waals surface area contributed by atoms with E-state index in [0.717, 1.165) is 124 Å². The van der Waals surface area contributed by atoms with Crippen LogP contribution in [0.3, 0.4) is 0 Å². The summed E-state index contributed by atoms with van der Waals surface area (Å²) in [5.74, 6) is 5.45. The van der Waals surface area contributed by atoms with Gasteiger partial charge in [-0.25, -0.2) is 0 Å². The molecule has 4 aromatic carbocycles. The molecule has 0 N–H and O–H groups in total. The van der Waals surface area contributed by atoms with Gasteiger partial charge in [0.25, 0.3) is 0 Å². The second kappa shape index (κ2) is 57.3. The van der Waals surface area contributed by atoms with Crippen LogP contribution in [0.2, 0.25) is 0 Å². The fraction of sp³-hybridized carbons (Fsp3) is 0.687. The van der Waals surface area contributed by atoms with Crippen LogP contribution < -0.4 is 18.1 Å². The summed E-state index contributed by atoms with van der Waals surface area (Å²) in [6.07, 6.45) is 54.1. The van der Waals surface area contributed by atoms with Crippen molar-refractivity contribution in [2.75, 3.05) is 24.7 Å². The Labute approximate surface area is 592 Å². The van der Waals surface area contributed by atoms with Crippen LogP contribution in [0.5, 0.6) is 23.0 Å². The van der Waals surface area contributed by atoms with Crippen molar-refractivity contribution in [3.63, 3.8) is 0 Å². The van der Waals surface area contributed by atoms with Crippen molar-refractivity contribution in [2.45, 2.75) is 342 Å². The Kier molecular flexibility index (Phi) is 50.7. The summed E-state index contributed by atoms with van der Waals surface area (Å²) in [5, 5.41) is 0. The minimum atomic E-state index is -1.30. The summed E-state index contributed by atoms with van der Waals surface area (Å²) in [7, 11) is -2.61. The number of esters is 2. The van der Waals surface area contributed by atoms with E-state index in [0.29, 0.717) is 26.1 Å². The fourth-order valence-corrected chi connectivity index (χ4v) is 17.9. The van der Waals surface area contributed by atoms with E-state index in [1.807, 2.05) is 22.8 Å². The molecule has 4 aromatic rings. The van der Waals surface area contributed by atoms with E-state index in [-0.39, 0.29) is 17.4 Å². The van der Waals surface area contributed by atoms with E-state index in [9.17, 15) is 9.59 Å². The minimum Gasteiger partial charge on any atom is -0.466 e. The predicted molar refractivity (Wildman–Crippen MR) is 414 cm³/mol. The minimum absolute atomic E-state index is 0.0260. The zero-order chi connectivity index (χ0) is 67.8. The first kappa shape index (κ1) is 84.0. The Morgan fingerprint density at radius 1 is 0.326 bits per heavy atom. The number of para-hydroxylation sites is 2. The normalized spacial score (nSPS) is 12.2. The van der Waals surface area contributed by atoms with Crippen molar-refractivity contribution in [3.05, 3.63) is 119 Å². The van der Waals surface area contributed by atoms with Crippen molar-refractivity contribution < 1.29 is 37.2 Å². The van der Waals surface area contributed by atoms with E-state index in [1.165, 1.54) is 215 Å². The van der Waals surface area contributed by atoms with Crippen molar-refractivity contribution in [2.24, 2.45) is 0 Å². The number of hydrogen-bond acceptors (Lipinski definition) is 10. The Balaban J connectivity index is 1.31. The van der Waals surface area contributed by atoms with Gasteiger partial charge in [0.2, 0.25) is 0 Å². The average molecular weight is 1390 g/mol. The summed E-state index contributed by atoms with van der Waals surface area (Å²) in [4.78, 5) is 24.6. The quantitative estimate of drug-likeness (QED) is 0.0242. The van der Waals surface area contributed by atoms with Gasteiger partial charge in [0, 0.05) is 29.8 Å². The SMILES string of the molecule is CCCCCCCCCOC(=O)CCCCCCCCCSP(Oc1ccc(C(C)(C)c2ccc(OP(Oc3ccccc3CCCCCCCCC)SCCCCCCCCCC(=O)OCCCCCCCCC)cc2)cc1)Oc1ccccc1CCCCCCCCC. The number of rotatable bonds is 64. The first-order valence-corrected chi connectivity index (χ1v) is 44.5. The fourth-order valence-electron chi connectivity index (χ4n) is 12.1. The third-order valence-corrected chi connectivity index (χ3v) is 24.4. The molecule has 0 heterocycles. The second-order valence-corrected chi connectivity index (χ2v) is 33.5. The number of hydrogen-bond donors (Lipinski definition) is 0. The summed E-state index contributed by atoms with van der Waals surface area (Å²) in [6, 6.07) is 34.6. The van der Waals surface area contributed by atoms with Crippen molar-refractivity contribution in [1.82, 2.24) is 0 Å². The molecule has 0 aromatic heterocycles. The van der Waals surface area contributed by atoms with Gasteiger partial charge in [-0.3, -0.25) is 9.59 Å². The van der Waals surface area contributed by atoms with E-state index < -0.39 is 15.2 Å². The number of carbonyl (C=O) groups excluding carboxylic acids is 2. The molecule has 0 aliphatic carbocycles. The first-order valence-electron chi connectivity index (χ1n) is 38.9. The van der Waals surface area contributed by atoms with Crippen molar-refractivity contribution >= 4 is 49.9 Å². The maximum absolute atomic E-state index is 12.3. The predicted octanol–water partition coefficient (Wildman–Crippen LogP) is 28.3. The summed E-state index contributed by atoms with van der Waals surface area (Å²) < 4.78 is 38.5. The number of aryl methyl sites for hydroxylation is 2. The van der Waals surface area contributed by atoms with Crippen LogP contribution in [0, 0.1) is 0 Å². The van der Waals surface area contributed by atoms with Gasteiger partial charge in [0.05, 0.1) is 13.2 Å². The van der Waals surface area contributed by atoms with Crippen molar-refractivity contribution in [1.29, 1.82) is 0 Å². The molecule has 0 amide bonds. The lowest BCUT2D eigenvalue weighted by atomic mass is 9.78. The number of benzene rings is 4. The molecule has 0 saturated heterocycles. The largest absolute Gasteiger partial charge is 0.466 e. The smallest absolute Gasteiger partial charge is 0.360 e. The average Bonchev–Trinajstić information content (AvgIpc) is 0.842. The zero-order valence-corrected chi connectivity index (χ0v) is 64.5. The highest BCUT2D eigenvalue weighted by atomic mass is 32.7. The molecule has 0 saturated carbocycles. The molecule has 0 spiro atoms. The topological polar surface area (TPSA) is 89.5 Å². The molecular formula is C83H134O8P2S2. The summed E-state index contributed by atoms with van der Waals surface area (Å²) in [6.45, 7) is 14.8. The molecule has 0 bridgehead atoms. The second-order valence-electron chi connectivity index (χ2n) is 27.2. The molecule has 4 rings (SSSR count). The molecule has 95 heavy (non-hydrogen) atoms. The molecule has 536 valence electrons. The third kappa shape index (κ3) is 41.7. The van der Waals surface area contributed by atoms with Crippen molar-refractivity contribution in [3.8, 4) is 23.0 Å². The standard InChI is InChI=1S/C83H134O8P2S2/c1-7-11-15-19-25-33-41-53-73-55-45-47-57-79(73)90-92(94-71-51-39-31-23-27-35-43-59-81(84)86-69-49-37-29-21-17-13-9-3)88-77-65-61-75(62-66-77)83(5,6)76-63-67-78(68-64-76)89-93(91-80-58-48-46-56-74(80)54-42-34-26-20-16-12-8-2)95-72-52-40-32-24-28-36-44-60-82(85)87-70-50-38-30-22-18-14-10-4/h45-48,55-58,61-68H,7-44,49-54,59-60,69-72H2,1-6H3. The van der Waals surface area contributed by atoms with Gasteiger partial charge >= 0.3 is 27.1 Å². The molecule has 0 fully saturated rings. The van der Waals surface area contributed by atoms with Gasteiger partial charge in [-0.15, -0.1) is 0 Å². The maximum Gasteiger partial charge on any atom is 0.360 e. The van der Waals surface area contributed by atoms with Crippen LogP contribution in [0.1, 0.15) is 346 Å². The highest BCUT2D eigenvalue weighted by Gasteiger charge is 2.26. The van der Waals surface area contributed by atoms with E-state index in [1.54, 1.807) is 0 Å². The van der Waals surface area contributed by atoms with Gasteiger partial charge in [-0.2, -0.15) is 0 Å². The van der Waals surface area contributed by atoms with Crippen LogP contribution >= 0.6 is 37.9 Å². The highest BCUT2D eigenvalue weighted by Crippen LogP contribution is 2.54. The van der Waals surface area contributed by atoms with Crippen LogP contribution in [-0.2, 0) is 37.3 Å². The lowest BCUT2D eigenvalue weighted by Crippen LogP contribution is -2.18. The Bertz CT molecular complexity index is 2290. The summed E-state index contributed by atoms with van der Waals surface area (Å²) >= 11 is 3.64. The number of ether oxygens (including phenoxy) is 2. The summed E-state index contributed by atoms with van der Waals surface area (Å²) in [5.41, 5.74) is 4.69. The molecule has 2 atom stereocenters. The molecule has 0 aliphatic heterocycles. The lowest BCUT2D eigenvalue weighted by molar-refractivity contribution is -0.144. The third-order valence-electron chi connectivity index (χ3n) is 18.4. The van der Waals surface area contributed by atoms with Crippen LogP contribution in [0.25, 0.3) is 0 Å². The molecule has 0 aliphatic rings. The lowest BCUT2D eigenvalue weighted by Gasteiger charge is -2.27. The zero-order valence-electron chi connectivity index (χ0n) is 61.1. The van der Waals surface area contributed by atoms with Gasteiger partial charge < -0.3 is 27.6 Å². The van der Waals surface area contributed by atoms with Gasteiger partial charge in [-0.1, -0.05) is 321 Å². The number of carbonyl (C=O) groups is 2. The molecule has 12 heteroatoms. The van der Waals surface area contributed by atoms with Gasteiger partial charge in [0.15, 0.2) is 0 Å². The van der Waals surface area contributed by atoms with Gasteiger partial charge in [0.1, 0.15) is 23.0 Å². The van der Waals surface area contributed by atoms with Crippen LogP contribution in [0.15, 0.2) is 97.1 Å². The van der Waals surface area contributed by atoms with E-state index >= 15 is 0 Å². The maximum atomic E-state index is 12.3. The first-order chi connectivity index (χ1) is 46.7. The molecule has 2 unspecified atom stereocenters. The monoisotopic (exact) mass is 1380 g/mol. The molecular weight excluding hydrogens is 1250 g/mol. The van der Waals surface area contributed by atoms with Crippen LogP contribution in [0.4, 0.5) is 0 Å². The van der Waals surface area contributed by atoms with Crippen LogP contribution in [-0.4, -0.2) is 36.7 Å². The van der Waals surface area contributed by atoms with E-state index in [4.69, 9.17) is 27.6 Å². The molecule has 0 radical (unpaired) electrons. The Morgan fingerprint density at radius 2 is 0.611 bits per heavy atom. The Morgan fingerprint density at radius 3 is 0.947 bits per heavy atom.